The highest BCUT2D eigenvalue weighted by Gasteiger charge is 2.54. The van der Waals surface area contributed by atoms with Crippen LogP contribution in [0.5, 0.6) is 0 Å². The monoisotopic (exact) mass is 329 g/mol. The molecule has 5 nitrogen and oxygen atoms in total. The molecular formula is C14H20ClN3O2S. The molecule has 7 heteroatoms. The van der Waals surface area contributed by atoms with Gasteiger partial charge in [0, 0.05) is 20.1 Å². The Bertz CT molecular complexity index is 681. The lowest BCUT2D eigenvalue weighted by molar-refractivity contribution is 0.281. The van der Waals surface area contributed by atoms with E-state index in [2.05, 4.69) is 5.10 Å². The van der Waals surface area contributed by atoms with Crippen molar-refractivity contribution in [3.63, 3.8) is 0 Å². The molecule has 0 spiro atoms. The minimum atomic E-state index is -3.52. The molecule has 2 heterocycles. The van der Waals surface area contributed by atoms with Crippen molar-refractivity contribution in [1.82, 2.24) is 14.1 Å². The zero-order valence-electron chi connectivity index (χ0n) is 12.3. The van der Waals surface area contributed by atoms with E-state index in [1.807, 2.05) is 0 Å². The highest BCUT2D eigenvalue weighted by Crippen LogP contribution is 2.55. The number of aryl methyl sites for hydroxylation is 2. The fourth-order valence-electron chi connectivity index (χ4n) is 4.87. The zero-order valence-corrected chi connectivity index (χ0v) is 13.9. The van der Waals surface area contributed by atoms with E-state index in [4.69, 9.17) is 11.6 Å². The molecule has 2 saturated carbocycles. The maximum absolute atomic E-state index is 12.9. The zero-order chi connectivity index (χ0) is 14.9. The number of rotatable bonds is 2. The summed E-state index contributed by atoms with van der Waals surface area (Å²) in [5.74, 6) is 2.61. The second-order valence-electron chi connectivity index (χ2n) is 6.81. The number of hydrogen-bond acceptors (Lipinski definition) is 3. The Morgan fingerprint density at radius 3 is 2.24 bits per heavy atom. The summed E-state index contributed by atoms with van der Waals surface area (Å²) in [6.07, 6.45) is 3.88. The number of nitrogens with zero attached hydrogens (tertiary/aromatic N) is 3. The first-order valence-corrected chi connectivity index (χ1v) is 9.40. The topological polar surface area (TPSA) is 55.2 Å². The van der Waals surface area contributed by atoms with Gasteiger partial charge in [-0.1, -0.05) is 11.6 Å². The van der Waals surface area contributed by atoms with E-state index in [0.29, 0.717) is 30.6 Å². The number of fused-ring (bicyclic) bond motifs is 5. The molecule has 1 aliphatic heterocycles. The Morgan fingerprint density at radius 1 is 1.19 bits per heavy atom. The average molecular weight is 330 g/mol. The Kier molecular flexibility index (Phi) is 2.98. The van der Waals surface area contributed by atoms with E-state index >= 15 is 0 Å². The van der Waals surface area contributed by atoms with Crippen LogP contribution >= 0.6 is 11.6 Å². The van der Waals surface area contributed by atoms with Crippen molar-refractivity contribution >= 4 is 21.6 Å². The fourth-order valence-corrected chi connectivity index (χ4v) is 7.09. The molecule has 0 aromatic carbocycles. The molecule has 1 aromatic heterocycles. The van der Waals surface area contributed by atoms with Crippen molar-refractivity contribution in [2.45, 2.75) is 31.1 Å². The molecule has 0 radical (unpaired) electrons. The smallest absolute Gasteiger partial charge is 0.248 e. The number of aromatic nitrogens is 2. The Labute approximate surface area is 130 Å². The first-order chi connectivity index (χ1) is 9.89. The molecule has 0 N–H and O–H groups in total. The van der Waals surface area contributed by atoms with Gasteiger partial charge in [-0.05, 0) is 49.9 Å². The van der Waals surface area contributed by atoms with E-state index in [1.165, 1.54) is 23.9 Å². The maximum atomic E-state index is 12.9. The highest BCUT2D eigenvalue weighted by atomic mass is 35.5. The van der Waals surface area contributed by atoms with Crippen LogP contribution in [0.2, 0.25) is 5.15 Å². The fraction of sp³-hybridized carbons (Fsp3) is 0.786. The Morgan fingerprint density at radius 2 is 1.76 bits per heavy atom. The van der Waals surface area contributed by atoms with Crippen LogP contribution < -0.4 is 0 Å². The third-order valence-electron chi connectivity index (χ3n) is 5.80. The van der Waals surface area contributed by atoms with Crippen molar-refractivity contribution in [3.8, 4) is 0 Å². The van der Waals surface area contributed by atoms with Crippen molar-refractivity contribution in [2.75, 3.05) is 13.1 Å². The first-order valence-electron chi connectivity index (χ1n) is 7.59. The summed E-state index contributed by atoms with van der Waals surface area (Å²) in [5, 5.41) is 4.36. The molecule has 4 unspecified atom stereocenters. The summed E-state index contributed by atoms with van der Waals surface area (Å²) < 4.78 is 29.0. The summed E-state index contributed by atoms with van der Waals surface area (Å²) in [7, 11) is -1.85. The van der Waals surface area contributed by atoms with Crippen LogP contribution in [-0.4, -0.2) is 35.6 Å². The van der Waals surface area contributed by atoms with Gasteiger partial charge >= 0.3 is 0 Å². The molecule has 1 saturated heterocycles. The van der Waals surface area contributed by atoms with Crippen molar-refractivity contribution in [1.29, 1.82) is 0 Å². The van der Waals surface area contributed by atoms with E-state index in [1.54, 1.807) is 18.3 Å². The average Bonchev–Trinajstić information content (AvgIpc) is 3.12. The van der Waals surface area contributed by atoms with Crippen molar-refractivity contribution in [3.05, 3.63) is 10.8 Å². The van der Waals surface area contributed by atoms with Gasteiger partial charge in [-0.3, -0.25) is 4.68 Å². The first kappa shape index (κ1) is 14.0. The van der Waals surface area contributed by atoms with E-state index < -0.39 is 10.0 Å². The second kappa shape index (κ2) is 4.46. The molecule has 3 aliphatic rings. The van der Waals surface area contributed by atoms with Gasteiger partial charge in [-0.15, -0.1) is 0 Å². The van der Waals surface area contributed by atoms with Gasteiger partial charge < -0.3 is 0 Å². The Hall–Kier alpha value is -0.590. The van der Waals surface area contributed by atoms with E-state index in [9.17, 15) is 8.42 Å². The number of sulfonamides is 1. The lowest BCUT2D eigenvalue weighted by Gasteiger charge is -2.22. The second-order valence-corrected chi connectivity index (χ2v) is 9.04. The molecule has 21 heavy (non-hydrogen) atoms. The van der Waals surface area contributed by atoms with Crippen molar-refractivity contribution in [2.24, 2.45) is 30.7 Å². The van der Waals surface area contributed by atoms with E-state index in [-0.39, 0.29) is 10.0 Å². The Balaban J connectivity index is 1.68. The predicted molar refractivity (Wildman–Crippen MR) is 79.5 cm³/mol. The van der Waals surface area contributed by atoms with Crippen molar-refractivity contribution < 1.29 is 8.42 Å². The SMILES string of the molecule is Cc1nn(C)c(Cl)c1S(=O)(=O)N1CC2C3CCC(C3)C2C1. The van der Waals surface area contributed by atoms with Gasteiger partial charge in [0.05, 0.1) is 5.69 Å². The molecular weight excluding hydrogens is 310 g/mol. The largest absolute Gasteiger partial charge is 0.255 e. The van der Waals surface area contributed by atoms with Crippen LogP contribution in [0.25, 0.3) is 0 Å². The lowest BCUT2D eigenvalue weighted by Crippen LogP contribution is -2.31. The van der Waals surface area contributed by atoms with Crippen LogP contribution in [0.15, 0.2) is 4.90 Å². The third kappa shape index (κ3) is 1.85. The minimum absolute atomic E-state index is 0.194. The van der Waals surface area contributed by atoms with E-state index in [0.717, 1.165) is 11.8 Å². The quantitative estimate of drug-likeness (QED) is 0.834. The van der Waals surface area contributed by atoms with Crippen LogP contribution in [-0.2, 0) is 17.1 Å². The lowest BCUT2D eigenvalue weighted by atomic mass is 9.82. The molecule has 2 aliphatic carbocycles. The molecule has 2 bridgehead atoms. The van der Waals surface area contributed by atoms with Gasteiger partial charge in [0.15, 0.2) is 0 Å². The summed E-state index contributed by atoms with van der Waals surface area (Å²) in [4.78, 5) is 0.194. The number of hydrogen-bond donors (Lipinski definition) is 0. The third-order valence-corrected chi connectivity index (χ3v) is 8.33. The predicted octanol–water partition coefficient (Wildman–Crippen LogP) is 2.05. The van der Waals surface area contributed by atoms with Gasteiger partial charge in [-0.2, -0.15) is 9.40 Å². The van der Waals surface area contributed by atoms with Gasteiger partial charge in [-0.25, -0.2) is 8.42 Å². The molecule has 0 amide bonds. The van der Waals surface area contributed by atoms with Crippen LogP contribution in [0.3, 0.4) is 0 Å². The maximum Gasteiger partial charge on any atom is 0.248 e. The molecule has 3 fully saturated rings. The van der Waals surface area contributed by atoms with Gasteiger partial charge in [0.2, 0.25) is 10.0 Å². The van der Waals surface area contributed by atoms with Crippen LogP contribution in [0, 0.1) is 30.6 Å². The van der Waals surface area contributed by atoms with Gasteiger partial charge in [0.25, 0.3) is 0 Å². The molecule has 1 aromatic rings. The molecule has 116 valence electrons. The highest BCUT2D eigenvalue weighted by molar-refractivity contribution is 7.89. The van der Waals surface area contributed by atoms with Gasteiger partial charge in [0.1, 0.15) is 10.0 Å². The number of halogens is 1. The van der Waals surface area contributed by atoms with Crippen LogP contribution in [0.4, 0.5) is 0 Å². The standard InChI is InChI=1S/C14H20ClN3O2S/c1-8-13(14(15)17(2)16-8)21(19,20)18-6-11-9-3-4-10(5-9)12(11)7-18/h9-12H,3-7H2,1-2H3. The summed E-state index contributed by atoms with van der Waals surface area (Å²) in [6.45, 7) is 3.04. The van der Waals surface area contributed by atoms with Crippen LogP contribution in [0.1, 0.15) is 25.0 Å². The summed E-state index contributed by atoms with van der Waals surface area (Å²) >= 11 is 6.16. The normalized spacial score (nSPS) is 35.6. The summed E-state index contributed by atoms with van der Waals surface area (Å²) in [6, 6.07) is 0. The summed E-state index contributed by atoms with van der Waals surface area (Å²) in [5.41, 5.74) is 0.488. The molecule has 4 atom stereocenters. The minimum Gasteiger partial charge on any atom is -0.255 e. The molecule has 4 rings (SSSR count).